The van der Waals surface area contributed by atoms with Gasteiger partial charge < -0.3 is 9.58 Å². The summed E-state index contributed by atoms with van der Waals surface area (Å²) in [6, 6.07) is -0.602. The minimum Gasteiger partial charge on any atom is -0.463 e. The van der Waals surface area contributed by atoms with Crippen molar-refractivity contribution >= 4 is 5.97 Å². The van der Waals surface area contributed by atoms with Crippen molar-refractivity contribution in [1.29, 1.82) is 0 Å². The maximum absolute atomic E-state index is 10.5. The van der Waals surface area contributed by atoms with Crippen molar-refractivity contribution in [2.24, 2.45) is 0 Å². The molecule has 1 atom stereocenters. The highest BCUT2D eigenvalue weighted by Gasteiger charge is 2.20. The molecular formula is C6H9NO2. The number of hydrogen-bond acceptors (Lipinski definition) is 2. The lowest BCUT2D eigenvalue weighted by Gasteiger charge is -1.97. The van der Waals surface area contributed by atoms with Crippen LogP contribution in [-0.4, -0.2) is 19.1 Å². The first-order valence-corrected chi connectivity index (χ1v) is 2.70. The number of nitrogens with zero attached hydrogens (tertiary/aromatic N) is 1. The van der Waals surface area contributed by atoms with Crippen LogP contribution in [0.1, 0.15) is 13.3 Å². The summed E-state index contributed by atoms with van der Waals surface area (Å²) in [6.07, 6.45) is 0.524. The summed E-state index contributed by atoms with van der Waals surface area (Å²) in [5, 5.41) is 0. The number of methoxy groups -OCH3 is 1. The predicted octanol–water partition coefficient (Wildman–Crippen LogP) is 0.857. The van der Waals surface area contributed by atoms with E-state index in [1.54, 1.807) is 6.92 Å². The highest BCUT2D eigenvalue weighted by atomic mass is 16.5. The molecule has 50 valence electrons. The number of esters is 1. The van der Waals surface area contributed by atoms with Gasteiger partial charge in [0.25, 0.3) is 0 Å². The van der Waals surface area contributed by atoms with E-state index >= 15 is 0 Å². The van der Waals surface area contributed by atoms with E-state index in [4.69, 9.17) is 6.57 Å². The van der Waals surface area contributed by atoms with Gasteiger partial charge in [-0.1, -0.05) is 6.92 Å². The SMILES string of the molecule is [C-]#[N+][C@H](CC)C(=O)OC. The molecule has 0 aromatic carbocycles. The molecule has 0 radical (unpaired) electrons. The van der Waals surface area contributed by atoms with Crippen molar-refractivity contribution in [3.63, 3.8) is 0 Å². The molecule has 0 aliphatic heterocycles. The molecule has 0 saturated heterocycles. The maximum Gasteiger partial charge on any atom is 0.389 e. The Bertz CT molecular complexity index is 136. The molecule has 0 fully saturated rings. The third-order valence-corrected chi connectivity index (χ3v) is 1.02. The molecule has 0 amide bonds. The lowest BCUT2D eigenvalue weighted by atomic mass is 10.2. The van der Waals surface area contributed by atoms with E-state index in [1.165, 1.54) is 7.11 Å². The third kappa shape index (κ3) is 2.13. The van der Waals surface area contributed by atoms with Crippen LogP contribution in [0.3, 0.4) is 0 Å². The van der Waals surface area contributed by atoms with Gasteiger partial charge in [0.05, 0.1) is 7.11 Å². The highest BCUT2D eigenvalue weighted by molar-refractivity contribution is 5.77. The van der Waals surface area contributed by atoms with Crippen LogP contribution in [0.15, 0.2) is 0 Å². The molecule has 0 saturated carbocycles. The van der Waals surface area contributed by atoms with Crippen molar-refractivity contribution in [2.75, 3.05) is 7.11 Å². The summed E-state index contributed by atoms with van der Waals surface area (Å²) in [4.78, 5) is 13.6. The van der Waals surface area contributed by atoms with Gasteiger partial charge in [-0.15, -0.1) is 0 Å². The number of hydrogen-bond donors (Lipinski definition) is 0. The quantitative estimate of drug-likeness (QED) is 0.407. The second kappa shape index (κ2) is 3.90. The molecule has 0 rings (SSSR count). The van der Waals surface area contributed by atoms with Crippen LogP contribution in [-0.2, 0) is 9.53 Å². The van der Waals surface area contributed by atoms with E-state index in [2.05, 4.69) is 9.58 Å². The molecular weight excluding hydrogens is 118 g/mol. The monoisotopic (exact) mass is 127 g/mol. The van der Waals surface area contributed by atoms with Gasteiger partial charge in [0.15, 0.2) is 0 Å². The Morgan fingerprint density at radius 1 is 1.89 bits per heavy atom. The van der Waals surface area contributed by atoms with Crippen LogP contribution in [0.25, 0.3) is 4.85 Å². The van der Waals surface area contributed by atoms with Crippen molar-refractivity contribution in [3.05, 3.63) is 11.4 Å². The number of ether oxygens (including phenoxy) is 1. The molecule has 9 heavy (non-hydrogen) atoms. The number of carbonyl (C=O) groups excluding carboxylic acids is 1. The van der Waals surface area contributed by atoms with E-state index in [-0.39, 0.29) is 0 Å². The fourth-order valence-electron chi connectivity index (χ4n) is 0.447. The molecule has 0 heterocycles. The van der Waals surface area contributed by atoms with Gasteiger partial charge in [-0.2, -0.15) is 0 Å². The molecule has 0 aliphatic carbocycles. The molecule has 3 heteroatoms. The summed E-state index contributed by atoms with van der Waals surface area (Å²) in [7, 11) is 1.29. The van der Waals surface area contributed by atoms with Crippen LogP contribution in [0.4, 0.5) is 0 Å². The maximum atomic E-state index is 10.5. The summed E-state index contributed by atoms with van der Waals surface area (Å²) in [5.41, 5.74) is 0. The molecule has 0 aliphatic rings. The minimum absolute atomic E-state index is 0.437. The average Bonchev–Trinajstić information content (AvgIpc) is 1.90. The Balaban J connectivity index is 3.84. The summed E-state index contributed by atoms with van der Waals surface area (Å²) in [6.45, 7) is 8.30. The lowest BCUT2D eigenvalue weighted by Crippen LogP contribution is -2.16. The molecule has 0 bridgehead atoms. The fourth-order valence-corrected chi connectivity index (χ4v) is 0.447. The lowest BCUT2D eigenvalue weighted by molar-refractivity contribution is -0.141. The zero-order valence-electron chi connectivity index (χ0n) is 5.55. The van der Waals surface area contributed by atoms with E-state index in [0.29, 0.717) is 6.42 Å². The second-order valence-electron chi connectivity index (χ2n) is 1.58. The topological polar surface area (TPSA) is 30.7 Å². The Kier molecular flexibility index (Phi) is 3.45. The van der Waals surface area contributed by atoms with E-state index in [1.807, 2.05) is 0 Å². The average molecular weight is 127 g/mol. The van der Waals surface area contributed by atoms with Gasteiger partial charge in [-0.05, 0) is 0 Å². The largest absolute Gasteiger partial charge is 0.463 e. The Morgan fingerprint density at radius 2 is 2.44 bits per heavy atom. The van der Waals surface area contributed by atoms with Crippen LogP contribution in [0, 0.1) is 6.57 Å². The van der Waals surface area contributed by atoms with Gasteiger partial charge in [-0.25, -0.2) is 11.4 Å². The first-order valence-electron chi connectivity index (χ1n) is 2.70. The third-order valence-electron chi connectivity index (χ3n) is 1.02. The molecule has 0 N–H and O–H groups in total. The first-order chi connectivity index (χ1) is 4.26. The number of rotatable bonds is 2. The summed E-state index contributed by atoms with van der Waals surface area (Å²) in [5.74, 6) is -0.437. The molecule has 0 unspecified atom stereocenters. The first kappa shape index (κ1) is 7.96. The summed E-state index contributed by atoms with van der Waals surface area (Å²) >= 11 is 0. The van der Waals surface area contributed by atoms with Crippen molar-refractivity contribution < 1.29 is 9.53 Å². The van der Waals surface area contributed by atoms with E-state index in [0.717, 1.165) is 0 Å². The van der Waals surface area contributed by atoms with Gasteiger partial charge in [0, 0.05) is 6.42 Å². The number of carbonyl (C=O) groups is 1. The Hall–Kier alpha value is -1.04. The van der Waals surface area contributed by atoms with Crippen molar-refractivity contribution in [3.8, 4) is 0 Å². The second-order valence-corrected chi connectivity index (χ2v) is 1.58. The smallest absolute Gasteiger partial charge is 0.389 e. The molecule has 0 aromatic heterocycles. The van der Waals surface area contributed by atoms with Crippen molar-refractivity contribution in [2.45, 2.75) is 19.4 Å². The fraction of sp³-hybridized carbons (Fsp3) is 0.667. The summed E-state index contributed by atoms with van der Waals surface area (Å²) < 4.78 is 4.34. The zero-order valence-corrected chi connectivity index (χ0v) is 5.55. The molecule has 3 nitrogen and oxygen atoms in total. The van der Waals surface area contributed by atoms with Crippen LogP contribution in [0.2, 0.25) is 0 Å². The highest BCUT2D eigenvalue weighted by Crippen LogP contribution is 1.97. The zero-order chi connectivity index (χ0) is 7.28. The van der Waals surface area contributed by atoms with E-state index in [9.17, 15) is 4.79 Å². The standard InChI is InChI=1S/C6H9NO2/c1-4-5(7-2)6(8)9-3/h5H,4H2,1,3H3/t5-/m1/s1. The van der Waals surface area contributed by atoms with Crippen molar-refractivity contribution in [1.82, 2.24) is 0 Å². The molecule has 0 spiro atoms. The normalized spacial score (nSPS) is 11.7. The Morgan fingerprint density at radius 3 is 2.56 bits per heavy atom. The van der Waals surface area contributed by atoms with Crippen LogP contribution >= 0.6 is 0 Å². The van der Waals surface area contributed by atoms with Crippen LogP contribution < -0.4 is 0 Å². The van der Waals surface area contributed by atoms with Crippen LogP contribution in [0.5, 0.6) is 0 Å². The predicted molar refractivity (Wildman–Crippen MR) is 32.7 cm³/mol. The van der Waals surface area contributed by atoms with E-state index < -0.39 is 12.0 Å². The minimum atomic E-state index is -0.602. The van der Waals surface area contributed by atoms with Gasteiger partial charge in [0.2, 0.25) is 0 Å². The van der Waals surface area contributed by atoms with Gasteiger partial charge >= 0.3 is 12.0 Å². The van der Waals surface area contributed by atoms with Gasteiger partial charge in [-0.3, -0.25) is 0 Å². The Labute approximate surface area is 54.4 Å². The molecule has 0 aromatic rings. The van der Waals surface area contributed by atoms with Gasteiger partial charge in [0.1, 0.15) is 0 Å².